The van der Waals surface area contributed by atoms with Crippen molar-refractivity contribution in [2.75, 3.05) is 36.3 Å². The third kappa shape index (κ3) is 4.30. The van der Waals surface area contributed by atoms with Gasteiger partial charge in [-0.15, -0.1) is 0 Å². The predicted octanol–water partition coefficient (Wildman–Crippen LogP) is 4.55. The van der Waals surface area contributed by atoms with E-state index in [0.717, 1.165) is 17.7 Å². The number of hydrogen-bond donors (Lipinski definition) is 2. The number of anilines is 3. The zero-order valence-electron chi connectivity index (χ0n) is 17.3. The maximum atomic E-state index is 12.9. The van der Waals surface area contributed by atoms with Crippen molar-refractivity contribution in [2.24, 2.45) is 0 Å². The number of benzene rings is 3. The van der Waals surface area contributed by atoms with Crippen molar-refractivity contribution >= 4 is 29.0 Å². The van der Waals surface area contributed by atoms with Crippen molar-refractivity contribution in [1.82, 2.24) is 0 Å². The van der Waals surface area contributed by atoms with Gasteiger partial charge in [-0.25, -0.2) is 4.79 Å². The summed E-state index contributed by atoms with van der Waals surface area (Å²) in [6.45, 7) is 0.613. The Bertz CT molecular complexity index is 1120. The molecule has 3 aromatic rings. The molecule has 3 aromatic carbocycles. The second kappa shape index (κ2) is 8.79. The summed E-state index contributed by atoms with van der Waals surface area (Å²) < 4.78 is 10.5. The minimum Gasteiger partial charge on any atom is -0.497 e. The summed E-state index contributed by atoms with van der Waals surface area (Å²) in [5.74, 6) is 1.07. The van der Waals surface area contributed by atoms with E-state index in [2.05, 4.69) is 10.6 Å². The third-order valence-corrected chi connectivity index (χ3v) is 5.16. The number of rotatable bonds is 5. The SMILES string of the molecule is COc1ccc(NC(=O)Nc2ccc3c(c2)N(C(=O)c2ccccc2)CC3)c(OC)c1. The molecule has 0 saturated carbocycles. The first-order valence-corrected chi connectivity index (χ1v) is 9.89. The lowest BCUT2D eigenvalue weighted by Gasteiger charge is -2.18. The van der Waals surface area contributed by atoms with Crippen LogP contribution in [0.15, 0.2) is 66.7 Å². The van der Waals surface area contributed by atoms with Gasteiger partial charge in [0.1, 0.15) is 11.5 Å². The van der Waals surface area contributed by atoms with Crippen LogP contribution in [0.25, 0.3) is 0 Å². The minimum absolute atomic E-state index is 0.0519. The van der Waals surface area contributed by atoms with Gasteiger partial charge in [0.05, 0.1) is 19.9 Å². The van der Waals surface area contributed by atoms with Gasteiger partial charge in [-0.1, -0.05) is 24.3 Å². The molecular weight excluding hydrogens is 394 g/mol. The Labute approximate surface area is 180 Å². The van der Waals surface area contributed by atoms with Crippen LogP contribution in [0.1, 0.15) is 15.9 Å². The molecule has 0 atom stereocenters. The third-order valence-electron chi connectivity index (χ3n) is 5.16. The number of hydrogen-bond acceptors (Lipinski definition) is 4. The molecule has 0 spiro atoms. The van der Waals surface area contributed by atoms with Crippen LogP contribution in [-0.2, 0) is 6.42 Å². The van der Waals surface area contributed by atoms with Gasteiger partial charge in [0.2, 0.25) is 0 Å². The Morgan fingerprint density at radius 1 is 0.903 bits per heavy atom. The fourth-order valence-corrected chi connectivity index (χ4v) is 3.59. The second-order valence-corrected chi connectivity index (χ2v) is 7.06. The molecule has 1 aliphatic heterocycles. The van der Waals surface area contributed by atoms with Gasteiger partial charge in [-0.3, -0.25) is 4.79 Å². The molecule has 4 rings (SSSR count). The average Bonchev–Trinajstić information content (AvgIpc) is 3.22. The molecule has 158 valence electrons. The highest BCUT2D eigenvalue weighted by Gasteiger charge is 2.26. The molecule has 1 heterocycles. The van der Waals surface area contributed by atoms with Gasteiger partial charge in [0, 0.05) is 29.5 Å². The number of methoxy groups -OCH3 is 2. The largest absolute Gasteiger partial charge is 0.497 e. The Kier molecular flexibility index (Phi) is 5.75. The summed E-state index contributed by atoms with van der Waals surface area (Å²) in [5.41, 5.74) is 3.64. The van der Waals surface area contributed by atoms with Crippen molar-refractivity contribution in [3.8, 4) is 11.5 Å². The molecule has 0 aromatic heterocycles. The number of amides is 3. The van der Waals surface area contributed by atoms with E-state index in [0.29, 0.717) is 35.0 Å². The van der Waals surface area contributed by atoms with Crippen molar-refractivity contribution in [3.63, 3.8) is 0 Å². The van der Waals surface area contributed by atoms with E-state index in [1.54, 1.807) is 42.3 Å². The first-order chi connectivity index (χ1) is 15.1. The first kappa shape index (κ1) is 20.3. The van der Waals surface area contributed by atoms with Crippen molar-refractivity contribution in [3.05, 3.63) is 77.9 Å². The summed E-state index contributed by atoms with van der Waals surface area (Å²) in [6, 6.07) is 19.5. The van der Waals surface area contributed by atoms with E-state index in [-0.39, 0.29) is 5.91 Å². The van der Waals surface area contributed by atoms with Gasteiger partial charge in [0.25, 0.3) is 5.91 Å². The van der Waals surface area contributed by atoms with Crippen LogP contribution in [0, 0.1) is 0 Å². The van der Waals surface area contributed by atoms with Crippen LogP contribution in [0.5, 0.6) is 11.5 Å². The average molecular weight is 417 g/mol. The highest BCUT2D eigenvalue weighted by atomic mass is 16.5. The van der Waals surface area contributed by atoms with Crippen LogP contribution in [-0.4, -0.2) is 32.7 Å². The van der Waals surface area contributed by atoms with Gasteiger partial charge in [0.15, 0.2) is 0 Å². The molecule has 3 amide bonds. The quantitative estimate of drug-likeness (QED) is 0.638. The normalized spacial score (nSPS) is 12.1. The van der Waals surface area contributed by atoms with Crippen LogP contribution in [0.2, 0.25) is 0 Å². The molecule has 0 radical (unpaired) electrons. The predicted molar refractivity (Wildman–Crippen MR) is 120 cm³/mol. The van der Waals surface area contributed by atoms with E-state index >= 15 is 0 Å². The van der Waals surface area contributed by atoms with Gasteiger partial charge in [-0.05, 0) is 48.4 Å². The number of fused-ring (bicyclic) bond motifs is 1. The monoisotopic (exact) mass is 417 g/mol. The van der Waals surface area contributed by atoms with Gasteiger partial charge >= 0.3 is 6.03 Å². The molecule has 0 saturated heterocycles. The Hall–Kier alpha value is -4.00. The summed E-state index contributed by atoms with van der Waals surface area (Å²) >= 11 is 0. The minimum atomic E-state index is -0.414. The van der Waals surface area contributed by atoms with E-state index in [4.69, 9.17) is 9.47 Å². The lowest BCUT2D eigenvalue weighted by molar-refractivity contribution is 0.0989. The van der Waals surface area contributed by atoms with Crippen LogP contribution < -0.4 is 25.0 Å². The lowest BCUT2D eigenvalue weighted by Crippen LogP contribution is -2.29. The number of ether oxygens (including phenoxy) is 2. The van der Waals surface area contributed by atoms with Crippen LogP contribution >= 0.6 is 0 Å². The van der Waals surface area contributed by atoms with Crippen LogP contribution in [0.3, 0.4) is 0 Å². The maximum Gasteiger partial charge on any atom is 0.323 e. The van der Waals surface area contributed by atoms with Crippen molar-refractivity contribution in [1.29, 1.82) is 0 Å². The highest BCUT2D eigenvalue weighted by molar-refractivity contribution is 6.08. The zero-order valence-corrected chi connectivity index (χ0v) is 17.3. The molecule has 0 unspecified atom stereocenters. The Balaban J connectivity index is 1.50. The first-order valence-electron chi connectivity index (χ1n) is 9.89. The van der Waals surface area contributed by atoms with E-state index in [1.807, 2.05) is 36.4 Å². The number of nitrogens with one attached hydrogen (secondary N) is 2. The maximum absolute atomic E-state index is 12.9. The zero-order chi connectivity index (χ0) is 21.8. The molecule has 1 aliphatic rings. The van der Waals surface area contributed by atoms with Gasteiger partial charge < -0.3 is 25.0 Å². The summed E-state index contributed by atoms with van der Waals surface area (Å²) in [6.07, 6.45) is 0.781. The molecule has 0 fully saturated rings. The fourth-order valence-electron chi connectivity index (χ4n) is 3.59. The topological polar surface area (TPSA) is 79.9 Å². The fraction of sp³-hybridized carbons (Fsp3) is 0.167. The van der Waals surface area contributed by atoms with E-state index in [1.165, 1.54) is 7.11 Å². The van der Waals surface area contributed by atoms with Crippen molar-refractivity contribution < 1.29 is 19.1 Å². The number of nitrogens with zero attached hydrogens (tertiary/aromatic N) is 1. The molecule has 2 N–H and O–H groups in total. The summed E-state index contributed by atoms with van der Waals surface area (Å²) in [7, 11) is 3.09. The standard InChI is InChI=1S/C24H23N3O4/c1-30-19-10-11-20(22(15-19)31-2)26-24(29)25-18-9-8-16-12-13-27(21(16)14-18)23(28)17-6-4-3-5-7-17/h3-11,14-15H,12-13H2,1-2H3,(H2,25,26,29). The van der Waals surface area contributed by atoms with Gasteiger partial charge in [-0.2, -0.15) is 0 Å². The Morgan fingerprint density at radius 2 is 1.71 bits per heavy atom. The summed E-state index contributed by atoms with van der Waals surface area (Å²) in [4.78, 5) is 27.2. The highest BCUT2D eigenvalue weighted by Crippen LogP contribution is 2.33. The lowest BCUT2D eigenvalue weighted by atomic mass is 10.1. The summed E-state index contributed by atoms with van der Waals surface area (Å²) in [5, 5.41) is 5.60. The molecular formula is C24H23N3O4. The van der Waals surface area contributed by atoms with E-state index < -0.39 is 6.03 Å². The molecule has 0 bridgehead atoms. The number of urea groups is 1. The smallest absolute Gasteiger partial charge is 0.323 e. The van der Waals surface area contributed by atoms with E-state index in [9.17, 15) is 9.59 Å². The molecule has 0 aliphatic carbocycles. The van der Waals surface area contributed by atoms with Crippen LogP contribution in [0.4, 0.5) is 21.9 Å². The molecule has 31 heavy (non-hydrogen) atoms. The Morgan fingerprint density at radius 3 is 2.45 bits per heavy atom. The molecule has 7 heteroatoms. The molecule has 7 nitrogen and oxygen atoms in total. The number of carbonyl (C=O) groups is 2. The number of carbonyl (C=O) groups excluding carboxylic acids is 2. The van der Waals surface area contributed by atoms with Crippen molar-refractivity contribution in [2.45, 2.75) is 6.42 Å². The second-order valence-electron chi connectivity index (χ2n) is 7.06.